The highest BCUT2D eigenvalue weighted by Crippen LogP contribution is 2.25. The second-order valence-corrected chi connectivity index (χ2v) is 4.96. The molecule has 1 aromatic carbocycles. The summed E-state index contributed by atoms with van der Waals surface area (Å²) in [6.45, 7) is 3.54. The molecule has 0 saturated carbocycles. The highest BCUT2D eigenvalue weighted by atomic mass is 79.9. The number of hydrazone groups is 1. The number of rotatable bonds is 4. The summed E-state index contributed by atoms with van der Waals surface area (Å²) >= 11 is 9.11. The van der Waals surface area contributed by atoms with Crippen molar-refractivity contribution in [3.63, 3.8) is 0 Å². The van der Waals surface area contributed by atoms with Crippen LogP contribution in [0, 0.1) is 5.92 Å². The maximum atomic E-state index is 10.9. The first kappa shape index (κ1) is 14.0. The number of carboxylic acids is 1. The van der Waals surface area contributed by atoms with Crippen molar-refractivity contribution >= 4 is 44.9 Å². The molecule has 0 aromatic heterocycles. The zero-order valence-electron chi connectivity index (χ0n) is 9.37. The zero-order chi connectivity index (χ0) is 13.0. The SMILES string of the molecule is CC(C)/C(=N/Nc1ccc(Cl)c(Br)c1)C(=O)O. The lowest BCUT2D eigenvalue weighted by Crippen LogP contribution is -2.20. The lowest BCUT2D eigenvalue weighted by Gasteiger charge is -2.07. The summed E-state index contributed by atoms with van der Waals surface area (Å²) in [5.41, 5.74) is 3.44. The molecule has 2 N–H and O–H groups in total. The van der Waals surface area contributed by atoms with Gasteiger partial charge in [-0.1, -0.05) is 25.4 Å². The first-order chi connectivity index (χ1) is 7.91. The second-order valence-electron chi connectivity index (χ2n) is 3.70. The van der Waals surface area contributed by atoms with E-state index in [1.165, 1.54) is 0 Å². The number of aliphatic carboxylic acids is 1. The summed E-state index contributed by atoms with van der Waals surface area (Å²) in [5.74, 6) is -1.18. The molecular weight excluding hydrogens is 307 g/mol. The molecule has 92 valence electrons. The van der Waals surface area contributed by atoms with Crippen molar-refractivity contribution < 1.29 is 9.90 Å². The maximum absolute atomic E-state index is 10.9. The van der Waals surface area contributed by atoms with Crippen LogP contribution in [0.5, 0.6) is 0 Å². The van der Waals surface area contributed by atoms with Crippen molar-refractivity contribution in [2.45, 2.75) is 13.8 Å². The fourth-order valence-electron chi connectivity index (χ4n) is 1.11. The fraction of sp³-hybridized carbons (Fsp3) is 0.273. The van der Waals surface area contributed by atoms with E-state index >= 15 is 0 Å². The van der Waals surface area contributed by atoms with Gasteiger partial charge in [-0.3, -0.25) is 5.43 Å². The normalized spacial score (nSPS) is 11.7. The molecule has 0 heterocycles. The first-order valence-corrected chi connectivity index (χ1v) is 6.11. The molecule has 0 amide bonds. The molecule has 1 rings (SSSR count). The quantitative estimate of drug-likeness (QED) is 0.658. The first-order valence-electron chi connectivity index (χ1n) is 4.93. The number of anilines is 1. The zero-order valence-corrected chi connectivity index (χ0v) is 11.7. The third-order valence-corrected chi connectivity index (χ3v) is 3.20. The van der Waals surface area contributed by atoms with Crippen molar-refractivity contribution in [1.82, 2.24) is 0 Å². The third-order valence-electron chi connectivity index (χ3n) is 1.99. The van der Waals surface area contributed by atoms with Crippen molar-refractivity contribution in [1.29, 1.82) is 0 Å². The van der Waals surface area contributed by atoms with Gasteiger partial charge in [0.25, 0.3) is 0 Å². The monoisotopic (exact) mass is 318 g/mol. The van der Waals surface area contributed by atoms with E-state index in [2.05, 4.69) is 26.5 Å². The Morgan fingerprint density at radius 1 is 1.53 bits per heavy atom. The largest absolute Gasteiger partial charge is 0.477 e. The van der Waals surface area contributed by atoms with Crippen LogP contribution < -0.4 is 5.43 Å². The van der Waals surface area contributed by atoms with Gasteiger partial charge in [0.15, 0.2) is 0 Å². The minimum absolute atomic E-state index is 0.0797. The Morgan fingerprint density at radius 3 is 2.65 bits per heavy atom. The van der Waals surface area contributed by atoms with Gasteiger partial charge in [-0.15, -0.1) is 0 Å². The molecule has 17 heavy (non-hydrogen) atoms. The van der Waals surface area contributed by atoms with Gasteiger partial charge in [0.05, 0.1) is 10.7 Å². The number of carbonyl (C=O) groups is 1. The molecular formula is C11H12BrClN2O2. The van der Waals surface area contributed by atoms with Crippen molar-refractivity contribution in [3.8, 4) is 0 Å². The third kappa shape index (κ3) is 4.02. The molecule has 0 fully saturated rings. The number of carboxylic acid groups (broad SMARTS) is 1. The minimum Gasteiger partial charge on any atom is -0.477 e. The Labute approximate surface area is 113 Å². The van der Waals surface area contributed by atoms with Crippen LogP contribution in [0.15, 0.2) is 27.8 Å². The van der Waals surface area contributed by atoms with Gasteiger partial charge in [-0.25, -0.2) is 4.79 Å². The molecule has 0 bridgehead atoms. The molecule has 0 aliphatic carbocycles. The highest BCUT2D eigenvalue weighted by molar-refractivity contribution is 9.10. The Morgan fingerprint density at radius 2 is 2.18 bits per heavy atom. The number of nitrogens with zero attached hydrogens (tertiary/aromatic N) is 1. The molecule has 4 nitrogen and oxygen atoms in total. The molecule has 6 heteroatoms. The van der Waals surface area contributed by atoms with E-state index in [0.717, 1.165) is 4.47 Å². The Hall–Kier alpha value is -1.07. The average Bonchev–Trinajstić information content (AvgIpc) is 2.22. The summed E-state index contributed by atoms with van der Waals surface area (Å²) in [6, 6.07) is 5.14. The van der Waals surface area contributed by atoms with Crippen LogP contribution in [0.25, 0.3) is 0 Å². The fourth-order valence-corrected chi connectivity index (χ4v) is 1.61. The number of hydrogen-bond acceptors (Lipinski definition) is 3. The van der Waals surface area contributed by atoms with E-state index in [9.17, 15) is 4.79 Å². The van der Waals surface area contributed by atoms with Gasteiger partial charge in [0, 0.05) is 10.4 Å². The highest BCUT2D eigenvalue weighted by Gasteiger charge is 2.13. The molecule has 0 radical (unpaired) electrons. The summed E-state index contributed by atoms with van der Waals surface area (Å²) in [6.07, 6.45) is 0. The molecule has 0 spiro atoms. The Kier molecular flexibility index (Phi) is 4.96. The number of nitrogens with one attached hydrogen (secondary N) is 1. The van der Waals surface area contributed by atoms with Crippen LogP contribution in [0.1, 0.15) is 13.8 Å². The minimum atomic E-state index is -1.03. The van der Waals surface area contributed by atoms with E-state index < -0.39 is 5.97 Å². The topological polar surface area (TPSA) is 61.7 Å². The van der Waals surface area contributed by atoms with Crippen LogP contribution in [0.4, 0.5) is 5.69 Å². The predicted octanol–water partition coefficient (Wildman–Crippen LogP) is 3.61. The summed E-state index contributed by atoms with van der Waals surface area (Å²) in [5, 5.41) is 13.4. The van der Waals surface area contributed by atoms with Gasteiger partial charge in [0.2, 0.25) is 0 Å². The average molecular weight is 320 g/mol. The summed E-state index contributed by atoms with van der Waals surface area (Å²) in [4.78, 5) is 10.9. The molecule has 0 aliphatic heterocycles. The van der Waals surface area contributed by atoms with Crippen molar-refractivity contribution in [2.24, 2.45) is 11.0 Å². The predicted molar refractivity (Wildman–Crippen MR) is 72.7 cm³/mol. The molecule has 0 atom stereocenters. The van der Waals surface area contributed by atoms with Gasteiger partial charge in [-0.05, 0) is 34.1 Å². The summed E-state index contributed by atoms with van der Waals surface area (Å²) in [7, 11) is 0. The van der Waals surface area contributed by atoms with E-state index in [4.69, 9.17) is 16.7 Å². The van der Waals surface area contributed by atoms with Gasteiger partial charge >= 0.3 is 5.97 Å². The van der Waals surface area contributed by atoms with Crippen LogP contribution in [0.2, 0.25) is 5.02 Å². The van der Waals surface area contributed by atoms with E-state index in [1.54, 1.807) is 32.0 Å². The lowest BCUT2D eigenvalue weighted by atomic mass is 10.1. The van der Waals surface area contributed by atoms with Crippen LogP contribution >= 0.6 is 27.5 Å². The Bertz CT molecular complexity index is 461. The Balaban J connectivity index is 2.87. The molecule has 0 aliphatic rings. The van der Waals surface area contributed by atoms with Crippen LogP contribution in [0.3, 0.4) is 0 Å². The van der Waals surface area contributed by atoms with E-state index in [0.29, 0.717) is 10.7 Å². The number of hydrogen-bond donors (Lipinski definition) is 2. The molecule has 1 aromatic rings. The van der Waals surface area contributed by atoms with Gasteiger partial charge in [-0.2, -0.15) is 5.10 Å². The number of halogens is 2. The van der Waals surface area contributed by atoms with Crippen LogP contribution in [-0.4, -0.2) is 16.8 Å². The standard InChI is InChI=1S/C11H12BrClN2O2/c1-6(2)10(11(16)17)15-14-7-3-4-9(13)8(12)5-7/h3-6,14H,1-2H3,(H,16,17)/b15-10-. The van der Waals surface area contributed by atoms with Gasteiger partial charge < -0.3 is 5.11 Å². The molecule has 0 unspecified atom stereocenters. The van der Waals surface area contributed by atoms with E-state index in [1.807, 2.05) is 0 Å². The molecule has 0 saturated heterocycles. The maximum Gasteiger partial charge on any atom is 0.352 e. The second kappa shape index (κ2) is 6.02. The lowest BCUT2D eigenvalue weighted by molar-refractivity contribution is -0.129. The van der Waals surface area contributed by atoms with Crippen LogP contribution in [-0.2, 0) is 4.79 Å². The smallest absolute Gasteiger partial charge is 0.352 e. The van der Waals surface area contributed by atoms with Gasteiger partial charge in [0.1, 0.15) is 5.71 Å². The van der Waals surface area contributed by atoms with Crippen molar-refractivity contribution in [3.05, 3.63) is 27.7 Å². The number of benzene rings is 1. The summed E-state index contributed by atoms with van der Waals surface area (Å²) < 4.78 is 0.723. The van der Waals surface area contributed by atoms with E-state index in [-0.39, 0.29) is 11.6 Å². The van der Waals surface area contributed by atoms with Crippen molar-refractivity contribution in [2.75, 3.05) is 5.43 Å².